The zero-order valence-corrected chi connectivity index (χ0v) is 14.0. The van der Waals surface area contributed by atoms with Crippen molar-refractivity contribution in [1.29, 1.82) is 0 Å². The molecule has 126 valence electrons. The lowest BCUT2D eigenvalue weighted by Crippen LogP contribution is -2.08. The van der Waals surface area contributed by atoms with Crippen molar-refractivity contribution in [3.05, 3.63) is 0 Å². The first-order chi connectivity index (χ1) is 10.3. The van der Waals surface area contributed by atoms with Crippen molar-refractivity contribution in [3.63, 3.8) is 0 Å². The molecule has 4 heteroatoms. The van der Waals surface area contributed by atoms with Crippen molar-refractivity contribution in [3.8, 4) is 0 Å². The van der Waals surface area contributed by atoms with Gasteiger partial charge < -0.3 is 14.2 Å². The van der Waals surface area contributed by atoms with E-state index >= 15 is 0 Å². The number of carbonyl (C=O) groups is 1. The molecule has 0 atom stereocenters. The largest absolute Gasteiger partial charge is 0.466 e. The summed E-state index contributed by atoms with van der Waals surface area (Å²) >= 11 is 0. The van der Waals surface area contributed by atoms with Gasteiger partial charge in [-0.05, 0) is 19.8 Å². The van der Waals surface area contributed by atoms with Crippen molar-refractivity contribution in [1.82, 2.24) is 0 Å². The maximum absolute atomic E-state index is 11.1. The summed E-state index contributed by atoms with van der Waals surface area (Å²) in [7, 11) is 0. The molecule has 0 bridgehead atoms. The topological polar surface area (TPSA) is 44.8 Å². The number of rotatable bonds is 16. The molecule has 0 saturated heterocycles. The lowest BCUT2D eigenvalue weighted by molar-refractivity contribution is -0.143. The lowest BCUT2D eigenvalue weighted by atomic mass is 10.1. The third-order valence-electron chi connectivity index (χ3n) is 3.24. The standard InChI is InChI=1S/C17H34O4/c1-3-5-6-7-8-9-10-13-19-15-16-20-14-11-12-17(18)21-4-2/h3-16H2,1-2H3. The second kappa shape index (κ2) is 17.4. The molecule has 0 unspecified atom stereocenters. The van der Waals surface area contributed by atoms with Crippen molar-refractivity contribution < 1.29 is 19.0 Å². The van der Waals surface area contributed by atoms with E-state index < -0.39 is 0 Å². The molecule has 0 aromatic rings. The van der Waals surface area contributed by atoms with Gasteiger partial charge in [-0.2, -0.15) is 0 Å². The van der Waals surface area contributed by atoms with E-state index in [0.29, 0.717) is 32.8 Å². The fraction of sp³-hybridized carbons (Fsp3) is 0.941. The fourth-order valence-corrected chi connectivity index (χ4v) is 2.03. The minimum absolute atomic E-state index is 0.142. The van der Waals surface area contributed by atoms with Crippen LogP contribution in [0.3, 0.4) is 0 Å². The molecule has 0 aliphatic carbocycles. The predicted octanol–water partition coefficient (Wildman–Crippen LogP) is 4.11. The molecule has 4 nitrogen and oxygen atoms in total. The van der Waals surface area contributed by atoms with Gasteiger partial charge in [0.15, 0.2) is 0 Å². The van der Waals surface area contributed by atoms with Crippen LogP contribution in [0.15, 0.2) is 0 Å². The van der Waals surface area contributed by atoms with Crippen LogP contribution in [0, 0.1) is 0 Å². The van der Waals surface area contributed by atoms with Crippen molar-refractivity contribution in [2.75, 3.05) is 33.0 Å². The van der Waals surface area contributed by atoms with Gasteiger partial charge in [0.05, 0.1) is 19.8 Å². The molecule has 0 amide bonds. The Balaban J connectivity index is 3.01. The average molecular weight is 302 g/mol. The van der Waals surface area contributed by atoms with Gasteiger partial charge in [0.1, 0.15) is 0 Å². The number of carbonyl (C=O) groups excluding carboxylic acids is 1. The van der Waals surface area contributed by atoms with Gasteiger partial charge in [0.25, 0.3) is 0 Å². The zero-order chi connectivity index (χ0) is 15.6. The van der Waals surface area contributed by atoms with Crippen LogP contribution >= 0.6 is 0 Å². The summed E-state index contributed by atoms with van der Waals surface area (Å²) in [5, 5.41) is 0. The van der Waals surface area contributed by atoms with Crippen LogP contribution in [0.1, 0.15) is 71.6 Å². The molecule has 0 saturated carbocycles. The number of hydrogen-bond donors (Lipinski definition) is 0. The summed E-state index contributed by atoms with van der Waals surface area (Å²) in [6.45, 7) is 7.20. The molecule has 21 heavy (non-hydrogen) atoms. The third kappa shape index (κ3) is 17.3. The Labute approximate surface area is 130 Å². The quantitative estimate of drug-likeness (QED) is 0.318. The normalized spacial score (nSPS) is 10.8. The van der Waals surface area contributed by atoms with Crippen LogP contribution in [-0.2, 0) is 19.0 Å². The summed E-state index contributed by atoms with van der Waals surface area (Å²) < 4.78 is 15.7. The maximum Gasteiger partial charge on any atom is 0.305 e. The first kappa shape index (κ1) is 20.4. The van der Waals surface area contributed by atoms with Crippen LogP contribution < -0.4 is 0 Å². The van der Waals surface area contributed by atoms with E-state index in [2.05, 4.69) is 6.92 Å². The molecule has 0 radical (unpaired) electrons. The minimum atomic E-state index is -0.142. The summed E-state index contributed by atoms with van der Waals surface area (Å²) in [6, 6.07) is 0. The van der Waals surface area contributed by atoms with E-state index in [4.69, 9.17) is 14.2 Å². The molecule has 0 aliphatic heterocycles. The van der Waals surface area contributed by atoms with Crippen LogP contribution in [0.25, 0.3) is 0 Å². The predicted molar refractivity (Wildman–Crippen MR) is 85.5 cm³/mol. The Morgan fingerprint density at radius 2 is 1.29 bits per heavy atom. The molecule has 0 aromatic carbocycles. The summed E-state index contributed by atoms with van der Waals surface area (Å²) in [6.07, 6.45) is 10.3. The summed E-state index contributed by atoms with van der Waals surface area (Å²) in [5.41, 5.74) is 0. The zero-order valence-electron chi connectivity index (χ0n) is 14.0. The van der Waals surface area contributed by atoms with Crippen molar-refractivity contribution >= 4 is 5.97 Å². The maximum atomic E-state index is 11.1. The van der Waals surface area contributed by atoms with Gasteiger partial charge in [-0.15, -0.1) is 0 Å². The highest BCUT2D eigenvalue weighted by Gasteiger charge is 2.00. The summed E-state index contributed by atoms with van der Waals surface area (Å²) in [4.78, 5) is 11.1. The first-order valence-corrected chi connectivity index (χ1v) is 8.62. The van der Waals surface area contributed by atoms with Gasteiger partial charge in [0, 0.05) is 19.6 Å². The average Bonchev–Trinajstić information content (AvgIpc) is 2.48. The van der Waals surface area contributed by atoms with Crippen LogP contribution in [0.2, 0.25) is 0 Å². The van der Waals surface area contributed by atoms with Gasteiger partial charge in [0.2, 0.25) is 0 Å². The Morgan fingerprint density at radius 3 is 1.90 bits per heavy atom. The molecule has 0 heterocycles. The SMILES string of the molecule is CCCCCCCCCOCCOCCCC(=O)OCC. The first-order valence-electron chi connectivity index (χ1n) is 8.62. The number of esters is 1. The second-order valence-electron chi connectivity index (χ2n) is 5.25. The highest BCUT2D eigenvalue weighted by Crippen LogP contribution is 2.06. The molecule has 0 aromatic heterocycles. The molecular formula is C17H34O4. The van der Waals surface area contributed by atoms with E-state index in [1.807, 2.05) is 6.92 Å². The Hall–Kier alpha value is -0.610. The number of hydrogen-bond acceptors (Lipinski definition) is 4. The minimum Gasteiger partial charge on any atom is -0.466 e. The lowest BCUT2D eigenvalue weighted by Gasteiger charge is -2.06. The van der Waals surface area contributed by atoms with E-state index in [1.165, 1.54) is 38.5 Å². The van der Waals surface area contributed by atoms with E-state index in [-0.39, 0.29) is 5.97 Å². The Morgan fingerprint density at radius 1 is 0.714 bits per heavy atom. The van der Waals surface area contributed by atoms with Crippen LogP contribution in [0.5, 0.6) is 0 Å². The number of ether oxygens (including phenoxy) is 3. The van der Waals surface area contributed by atoms with E-state index in [0.717, 1.165) is 19.4 Å². The molecular weight excluding hydrogens is 268 g/mol. The van der Waals surface area contributed by atoms with Crippen molar-refractivity contribution in [2.45, 2.75) is 71.6 Å². The Kier molecular flexibility index (Phi) is 16.9. The Bertz CT molecular complexity index is 219. The molecule has 0 fully saturated rings. The molecule has 0 rings (SSSR count). The summed E-state index contributed by atoms with van der Waals surface area (Å²) in [5.74, 6) is -0.142. The fourth-order valence-electron chi connectivity index (χ4n) is 2.03. The number of unbranched alkanes of at least 4 members (excludes halogenated alkanes) is 6. The van der Waals surface area contributed by atoms with E-state index in [9.17, 15) is 4.79 Å². The van der Waals surface area contributed by atoms with Gasteiger partial charge in [-0.1, -0.05) is 45.4 Å². The van der Waals surface area contributed by atoms with Crippen LogP contribution in [0.4, 0.5) is 0 Å². The van der Waals surface area contributed by atoms with Crippen LogP contribution in [-0.4, -0.2) is 39.0 Å². The molecule has 0 aliphatic rings. The van der Waals surface area contributed by atoms with Gasteiger partial charge in [-0.3, -0.25) is 4.79 Å². The smallest absolute Gasteiger partial charge is 0.305 e. The molecule has 0 spiro atoms. The highest BCUT2D eigenvalue weighted by molar-refractivity contribution is 5.69. The van der Waals surface area contributed by atoms with E-state index in [1.54, 1.807) is 0 Å². The van der Waals surface area contributed by atoms with Crippen molar-refractivity contribution in [2.24, 2.45) is 0 Å². The molecule has 0 N–H and O–H groups in total. The second-order valence-corrected chi connectivity index (χ2v) is 5.25. The third-order valence-corrected chi connectivity index (χ3v) is 3.24. The highest BCUT2D eigenvalue weighted by atomic mass is 16.5. The van der Waals surface area contributed by atoms with Gasteiger partial charge >= 0.3 is 5.97 Å². The van der Waals surface area contributed by atoms with Gasteiger partial charge in [-0.25, -0.2) is 0 Å². The monoisotopic (exact) mass is 302 g/mol.